The van der Waals surface area contributed by atoms with Crippen LogP contribution in [0.5, 0.6) is 5.75 Å². The first kappa shape index (κ1) is 31.3. The Labute approximate surface area is 276 Å². The van der Waals surface area contributed by atoms with E-state index in [2.05, 4.69) is 15.0 Å². The standard InChI is InChI=1S/C33H32N6O10/c1-2-33(45)20-10-22-24-17(11-38(22)30(43)19(20)12-48-32(33)44)8-16-9-18(4-5-21(16)37-24)47-7-3-6-46-13-23-26(40)27(41)31(49-23)39-15-36-25-28(39)34-14-35-29(25)42/h4-5,8-10,14-15,23,26-27,31,40-41,45H,2-3,6-7,11-13H2,1H3,(H,34,35,42)/t23?,26?,27?,31?,33-/m0/s1. The molecule has 1 saturated heterocycles. The van der Waals surface area contributed by atoms with Gasteiger partial charge in [0.2, 0.25) is 0 Å². The number of esters is 1. The molecule has 0 amide bonds. The summed E-state index contributed by atoms with van der Waals surface area (Å²) >= 11 is 0. The number of hydrogen-bond donors (Lipinski definition) is 4. The van der Waals surface area contributed by atoms with Crippen molar-refractivity contribution in [1.29, 1.82) is 0 Å². The molecule has 4 unspecified atom stereocenters. The molecule has 7 heterocycles. The summed E-state index contributed by atoms with van der Waals surface area (Å²) in [6.07, 6.45) is -1.12. The summed E-state index contributed by atoms with van der Waals surface area (Å²) in [5, 5.41) is 33.1. The van der Waals surface area contributed by atoms with Gasteiger partial charge in [0.1, 0.15) is 30.7 Å². The van der Waals surface area contributed by atoms with E-state index in [-0.39, 0.29) is 47.5 Å². The number of hydrogen-bond acceptors (Lipinski definition) is 13. The van der Waals surface area contributed by atoms with E-state index in [9.17, 15) is 29.7 Å². The van der Waals surface area contributed by atoms with E-state index in [0.717, 1.165) is 10.9 Å². The summed E-state index contributed by atoms with van der Waals surface area (Å²) in [6, 6.07) is 9.15. The SMILES string of the molecule is CC[C@@]1(O)C(=O)OCc2c1cc1n(c2=O)Cc2cc3cc(OCCCOCC4OC(n5cnc6c(=O)[nH]cnc65)C(O)C4O)ccc3nc2-1. The Hall–Kier alpha value is -5.00. The van der Waals surface area contributed by atoms with Crippen LogP contribution in [0.15, 0.2) is 52.6 Å². The van der Waals surface area contributed by atoms with Crippen LogP contribution in [0.3, 0.4) is 0 Å². The number of aliphatic hydroxyl groups excluding tert-OH is 2. The van der Waals surface area contributed by atoms with Crippen LogP contribution in [0, 0.1) is 0 Å². The van der Waals surface area contributed by atoms with Gasteiger partial charge in [-0.05, 0) is 36.8 Å². The summed E-state index contributed by atoms with van der Waals surface area (Å²) in [5.74, 6) is -0.133. The van der Waals surface area contributed by atoms with E-state index in [1.165, 1.54) is 17.2 Å². The highest BCUT2D eigenvalue weighted by Crippen LogP contribution is 2.39. The number of carbonyl (C=O) groups is 1. The third-order valence-corrected chi connectivity index (χ3v) is 9.44. The number of aromatic nitrogens is 6. The van der Waals surface area contributed by atoms with E-state index in [4.69, 9.17) is 23.9 Å². The summed E-state index contributed by atoms with van der Waals surface area (Å²) < 4.78 is 25.7. The van der Waals surface area contributed by atoms with Gasteiger partial charge in [-0.25, -0.2) is 19.7 Å². The third-order valence-electron chi connectivity index (χ3n) is 9.44. The fourth-order valence-electron chi connectivity index (χ4n) is 6.75. The van der Waals surface area contributed by atoms with Gasteiger partial charge in [0.05, 0.1) is 54.9 Å². The van der Waals surface area contributed by atoms with Gasteiger partial charge in [-0.1, -0.05) is 6.92 Å². The van der Waals surface area contributed by atoms with Crippen molar-refractivity contribution in [2.45, 2.75) is 63.1 Å². The largest absolute Gasteiger partial charge is 0.493 e. The van der Waals surface area contributed by atoms with Crippen LogP contribution >= 0.6 is 0 Å². The topological polar surface area (TPSA) is 213 Å². The van der Waals surface area contributed by atoms with Gasteiger partial charge >= 0.3 is 5.97 Å². The van der Waals surface area contributed by atoms with E-state index >= 15 is 0 Å². The van der Waals surface area contributed by atoms with Crippen molar-refractivity contribution in [3.8, 4) is 17.1 Å². The number of rotatable bonds is 9. The molecular formula is C33H32N6O10. The predicted molar refractivity (Wildman–Crippen MR) is 170 cm³/mol. The molecule has 5 atom stereocenters. The number of aromatic amines is 1. The molecule has 16 nitrogen and oxygen atoms in total. The van der Waals surface area contributed by atoms with Crippen molar-refractivity contribution < 1.29 is 39.1 Å². The number of cyclic esters (lactones) is 1. The molecule has 0 saturated carbocycles. The average Bonchev–Trinajstić information content (AvgIpc) is 3.78. The van der Waals surface area contributed by atoms with E-state index in [1.54, 1.807) is 23.6 Å². The first-order valence-electron chi connectivity index (χ1n) is 15.9. The van der Waals surface area contributed by atoms with E-state index < -0.39 is 41.7 Å². The molecular weight excluding hydrogens is 640 g/mol. The van der Waals surface area contributed by atoms with Crippen molar-refractivity contribution in [3.05, 3.63) is 80.4 Å². The predicted octanol–water partition coefficient (Wildman–Crippen LogP) is 0.618. The van der Waals surface area contributed by atoms with Crippen molar-refractivity contribution in [1.82, 2.24) is 29.1 Å². The number of H-pyrrole nitrogens is 1. The molecule has 8 rings (SSSR count). The van der Waals surface area contributed by atoms with Crippen LogP contribution in [0.25, 0.3) is 33.5 Å². The zero-order chi connectivity index (χ0) is 34.0. The molecule has 5 aromatic rings. The second-order valence-electron chi connectivity index (χ2n) is 12.3. The van der Waals surface area contributed by atoms with Crippen LogP contribution in [0.2, 0.25) is 0 Å². The average molecular weight is 673 g/mol. The van der Waals surface area contributed by atoms with Crippen molar-refractivity contribution in [2.24, 2.45) is 0 Å². The van der Waals surface area contributed by atoms with Crippen LogP contribution in [-0.4, -0.2) is 88.5 Å². The van der Waals surface area contributed by atoms with Gasteiger partial charge in [-0.3, -0.25) is 14.2 Å². The second kappa shape index (κ2) is 11.9. The molecule has 4 N–H and O–H groups in total. The van der Waals surface area contributed by atoms with Crippen LogP contribution in [-0.2, 0) is 37.8 Å². The maximum absolute atomic E-state index is 13.4. The second-order valence-corrected chi connectivity index (χ2v) is 12.3. The molecule has 0 bridgehead atoms. The van der Waals surface area contributed by atoms with E-state index in [1.807, 2.05) is 18.2 Å². The molecule has 0 aliphatic carbocycles. The number of ether oxygens (including phenoxy) is 4. The van der Waals surface area contributed by atoms with Crippen molar-refractivity contribution >= 4 is 28.0 Å². The van der Waals surface area contributed by atoms with Gasteiger partial charge in [-0.15, -0.1) is 0 Å². The Morgan fingerprint density at radius 2 is 1.96 bits per heavy atom. The lowest BCUT2D eigenvalue weighted by Crippen LogP contribution is -2.44. The molecule has 3 aliphatic rings. The number of benzene rings is 1. The Balaban J connectivity index is 0.884. The number of fused-ring (bicyclic) bond motifs is 6. The smallest absolute Gasteiger partial charge is 0.343 e. The lowest BCUT2D eigenvalue weighted by atomic mass is 9.86. The van der Waals surface area contributed by atoms with Gasteiger partial charge < -0.3 is 43.8 Å². The lowest BCUT2D eigenvalue weighted by molar-refractivity contribution is -0.172. The van der Waals surface area contributed by atoms with Gasteiger partial charge in [0.15, 0.2) is 23.0 Å². The number of pyridine rings is 2. The Morgan fingerprint density at radius 1 is 1.10 bits per heavy atom. The highest BCUT2D eigenvalue weighted by Gasteiger charge is 2.46. The van der Waals surface area contributed by atoms with Crippen LogP contribution in [0.4, 0.5) is 0 Å². The van der Waals surface area contributed by atoms with Gasteiger partial charge in [0, 0.05) is 29.5 Å². The van der Waals surface area contributed by atoms with Crippen molar-refractivity contribution in [3.63, 3.8) is 0 Å². The minimum absolute atomic E-state index is 0.0254. The summed E-state index contributed by atoms with van der Waals surface area (Å²) in [4.78, 5) is 53.2. The van der Waals surface area contributed by atoms with Gasteiger partial charge in [-0.2, -0.15) is 0 Å². The number of imidazole rings is 1. The van der Waals surface area contributed by atoms with Crippen molar-refractivity contribution in [2.75, 3.05) is 19.8 Å². The first-order valence-corrected chi connectivity index (χ1v) is 15.9. The third kappa shape index (κ3) is 5.02. The fourth-order valence-corrected chi connectivity index (χ4v) is 6.75. The molecule has 1 aromatic carbocycles. The van der Waals surface area contributed by atoms with E-state index in [0.29, 0.717) is 48.8 Å². The monoisotopic (exact) mass is 672 g/mol. The Kier molecular flexibility index (Phi) is 7.57. The molecule has 16 heteroatoms. The first-order chi connectivity index (χ1) is 23.7. The fraction of sp³-hybridized carbons (Fsp3) is 0.394. The molecule has 1 fully saturated rings. The summed E-state index contributed by atoms with van der Waals surface area (Å²) in [7, 11) is 0. The lowest BCUT2D eigenvalue weighted by Gasteiger charge is -2.31. The number of carbonyl (C=O) groups excluding carboxylic acids is 1. The highest BCUT2D eigenvalue weighted by atomic mass is 16.6. The summed E-state index contributed by atoms with van der Waals surface area (Å²) in [5.41, 5.74) is 0.960. The summed E-state index contributed by atoms with van der Waals surface area (Å²) in [6.45, 7) is 2.46. The minimum atomic E-state index is -1.88. The highest BCUT2D eigenvalue weighted by molar-refractivity contribution is 5.87. The normalized spacial score (nSPS) is 24.2. The zero-order valence-corrected chi connectivity index (χ0v) is 26.2. The number of aliphatic hydroxyl groups is 3. The number of nitrogens with one attached hydrogen (secondary N) is 1. The molecule has 3 aliphatic heterocycles. The molecule has 0 spiro atoms. The Bertz CT molecular complexity index is 2250. The van der Waals surface area contributed by atoms with Crippen LogP contribution in [0.1, 0.15) is 42.7 Å². The Morgan fingerprint density at radius 3 is 2.80 bits per heavy atom. The maximum Gasteiger partial charge on any atom is 0.343 e. The molecule has 254 valence electrons. The molecule has 4 aromatic heterocycles. The molecule has 0 radical (unpaired) electrons. The number of nitrogens with zero attached hydrogens (tertiary/aromatic N) is 5. The zero-order valence-electron chi connectivity index (χ0n) is 26.2. The minimum Gasteiger partial charge on any atom is -0.493 e. The quantitative estimate of drug-likeness (QED) is 0.123. The van der Waals surface area contributed by atoms with Crippen LogP contribution < -0.4 is 15.9 Å². The maximum atomic E-state index is 13.4. The van der Waals surface area contributed by atoms with Gasteiger partial charge in [0.25, 0.3) is 11.1 Å². The molecule has 49 heavy (non-hydrogen) atoms.